The summed E-state index contributed by atoms with van der Waals surface area (Å²) in [6.07, 6.45) is 31.2. The molecule has 0 aromatic heterocycles. The standard InChI is InChI=1S/C24H41NO/c1-3-5-6-7-8-9-10-11-12-13-14-15-16-17-18-19-20-21-23-25-24(26)22-4-2/h8-9,11-12,14-15,17-18H,3-7,10,13,16,19-23H2,1-2H3,(H,25,26)/b9-8-,12-11-,15-14-,18-17-. The lowest BCUT2D eigenvalue weighted by Gasteiger charge is -2.02. The molecule has 0 aromatic rings. The molecule has 0 bridgehead atoms. The van der Waals surface area contributed by atoms with Gasteiger partial charge in [-0.15, -0.1) is 0 Å². The zero-order valence-corrected chi connectivity index (χ0v) is 17.2. The lowest BCUT2D eigenvalue weighted by molar-refractivity contribution is -0.121. The molecule has 0 aromatic carbocycles. The second-order valence-corrected chi connectivity index (χ2v) is 6.68. The largest absolute Gasteiger partial charge is 0.356 e. The highest BCUT2D eigenvalue weighted by Gasteiger charge is 1.96. The Morgan fingerprint density at radius 3 is 1.65 bits per heavy atom. The van der Waals surface area contributed by atoms with Crippen LogP contribution in [0.25, 0.3) is 0 Å². The van der Waals surface area contributed by atoms with Gasteiger partial charge in [0, 0.05) is 13.0 Å². The fourth-order valence-electron chi connectivity index (χ4n) is 2.49. The van der Waals surface area contributed by atoms with Crippen molar-refractivity contribution >= 4 is 5.91 Å². The lowest BCUT2D eigenvalue weighted by atomic mass is 10.2. The maximum atomic E-state index is 11.3. The van der Waals surface area contributed by atoms with E-state index in [-0.39, 0.29) is 5.91 Å². The second kappa shape index (κ2) is 21.5. The van der Waals surface area contributed by atoms with Gasteiger partial charge in [-0.3, -0.25) is 4.79 Å². The first kappa shape index (κ1) is 24.4. The third kappa shape index (κ3) is 20.5. The Kier molecular flexibility index (Phi) is 20.2. The molecular weight excluding hydrogens is 318 g/mol. The lowest BCUT2D eigenvalue weighted by Crippen LogP contribution is -2.23. The zero-order valence-electron chi connectivity index (χ0n) is 17.2. The third-order valence-corrected chi connectivity index (χ3v) is 4.05. The van der Waals surface area contributed by atoms with Crippen LogP contribution in [0.3, 0.4) is 0 Å². The van der Waals surface area contributed by atoms with Crippen LogP contribution in [0.15, 0.2) is 48.6 Å². The van der Waals surface area contributed by atoms with Crippen molar-refractivity contribution in [2.75, 3.05) is 6.54 Å². The first-order valence-electron chi connectivity index (χ1n) is 10.7. The van der Waals surface area contributed by atoms with Gasteiger partial charge in [0.2, 0.25) is 5.91 Å². The summed E-state index contributed by atoms with van der Waals surface area (Å²) < 4.78 is 0. The van der Waals surface area contributed by atoms with Gasteiger partial charge in [0.1, 0.15) is 0 Å². The van der Waals surface area contributed by atoms with Crippen LogP contribution in [-0.4, -0.2) is 12.5 Å². The smallest absolute Gasteiger partial charge is 0.219 e. The molecule has 0 fully saturated rings. The molecule has 1 amide bonds. The molecule has 0 unspecified atom stereocenters. The maximum Gasteiger partial charge on any atom is 0.219 e. The van der Waals surface area contributed by atoms with Crippen LogP contribution in [0.5, 0.6) is 0 Å². The van der Waals surface area contributed by atoms with Crippen molar-refractivity contribution in [2.24, 2.45) is 0 Å². The Bertz CT molecular complexity index is 418. The summed E-state index contributed by atoms with van der Waals surface area (Å²) >= 11 is 0. The normalized spacial score (nSPS) is 12.2. The van der Waals surface area contributed by atoms with E-state index in [0.717, 1.165) is 51.5 Å². The number of nitrogens with one attached hydrogen (secondary N) is 1. The minimum Gasteiger partial charge on any atom is -0.356 e. The number of amides is 1. The summed E-state index contributed by atoms with van der Waals surface area (Å²) in [4.78, 5) is 11.3. The Labute approximate surface area is 162 Å². The highest BCUT2D eigenvalue weighted by Crippen LogP contribution is 2.01. The van der Waals surface area contributed by atoms with Crippen molar-refractivity contribution in [1.82, 2.24) is 5.32 Å². The molecule has 0 atom stereocenters. The summed E-state index contributed by atoms with van der Waals surface area (Å²) in [5.41, 5.74) is 0. The highest BCUT2D eigenvalue weighted by atomic mass is 16.1. The Hall–Kier alpha value is -1.57. The first-order chi connectivity index (χ1) is 12.8. The number of carbonyl (C=O) groups excluding carboxylic acids is 1. The quantitative estimate of drug-likeness (QED) is 0.219. The van der Waals surface area contributed by atoms with Gasteiger partial charge in [-0.2, -0.15) is 0 Å². The molecular formula is C24H41NO. The Morgan fingerprint density at radius 1 is 0.654 bits per heavy atom. The highest BCUT2D eigenvalue weighted by molar-refractivity contribution is 5.75. The number of allylic oxidation sites excluding steroid dienone is 8. The summed E-state index contributed by atoms with van der Waals surface area (Å²) in [5, 5.41) is 2.95. The van der Waals surface area contributed by atoms with E-state index < -0.39 is 0 Å². The van der Waals surface area contributed by atoms with Crippen molar-refractivity contribution < 1.29 is 4.79 Å². The molecule has 0 aliphatic carbocycles. The van der Waals surface area contributed by atoms with Crippen molar-refractivity contribution in [1.29, 1.82) is 0 Å². The molecule has 0 saturated heterocycles. The summed E-state index contributed by atoms with van der Waals surface area (Å²) in [7, 11) is 0. The Morgan fingerprint density at radius 2 is 1.15 bits per heavy atom. The number of rotatable bonds is 17. The third-order valence-electron chi connectivity index (χ3n) is 4.05. The van der Waals surface area contributed by atoms with Crippen molar-refractivity contribution in [3.8, 4) is 0 Å². The fraction of sp³-hybridized carbons (Fsp3) is 0.625. The van der Waals surface area contributed by atoms with Gasteiger partial charge < -0.3 is 5.32 Å². The zero-order chi connectivity index (χ0) is 19.1. The molecule has 0 aliphatic heterocycles. The Balaban J connectivity index is 3.40. The summed E-state index contributed by atoms with van der Waals surface area (Å²) in [6, 6.07) is 0. The number of unbranched alkanes of at least 4 members (excludes halogenated alkanes) is 5. The average Bonchev–Trinajstić information content (AvgIpc) is 2.64. The van der Waals surface area contributed by atoms with E-state index in [1.165, 1.54) is 25.7 Å². The van der Waals surface area contributed by atoms with Gasteiger partial charge in [-0.05, 0) is 57.8 Å². The monoisotopic (exact) mass is 359 g/mol. The maximum absolute atomic E-state index is 11.3. The molecule has 0 rings (SSSR count). The van der Waals surface area contributed by atoms with Crippen LogP contribution in [0.4, 0.5) is 0 Å². The minimum absolute atomic E-state index is 0.185. The predicted octanol–water partition coefficient (Wildman–Crippen LogP) is 7.05. The van der Waals surface area contributed by atoms with Crippen LogP contribution < -0.4 is 5.32 Å². The van der Waals surface area contributed by atoms with E-state index in [4.69, 9.17) is 0 Å². The summed E-state index contributed by atoms with van der Waals surface area (Å²) in [6.45, 7) is 5.09. The molecule has 2 nitrogen and oxygen atoms in total. The van der Waals surface area contributed by atoms with Gasteiger partial charge in [0.15, 0.2) is 0 Å². The second-order valence-electron chi connectivity index (χ2n) is 6.68. The van der Waals surface area contributed by atoms with Crippen LogP contribution in [-0.2, 0) is 4.79 Å². The molecule has 0 saturated carbocycles. The van der Waals surface area contributed by atoms with E-state index >= 15 is 0 Å². The first-order valence-corrected chi connectivity index (χ1v) is 10.7. The molecule has 26 heavy (non-hydrogen) atoms. The molecule has 0 aliphatic rings. The van der Waals surface area contributed by atoms with E-state index in [1.54, 1.807) is 0 Å². The molecule has 0 heterocycles. The van der Waals surface area contributed by atoms with E-state index in [1.807, 2.05) is 6.92 Å². The summed E-state index contributed by atoms with van der Waals surface area (Å²) in [5.74, 6) is 0.185. The van der Waals surface area contributed by atoms with Crippen molar-refractivity contribution in [3.63, 3.8) is 0 Å². The number of hydrogen-bond acceptors (Lipinski definition) is 1. The van der Waals surface area contributed by atoms with Gasteiger partial charge in [0.25, 0.3) is 0 Å². The fourth-order valence-corrected chi connectivity index (χ4v) is 2.49. The van der Waals surface area contributed by atoms with Gasteiger partial charge in [0.05, 0.1) is 0 Å². The van der Waals surface area contributed by atoms with Crippen LogP contribution in [0.2, 0.25) is 0 Å². The van der Waals surface area contributed by atoms with E-state index in [0.29, 0.717) is 6.42 Å². The molecule has 0 spiro atoms. The van der Waals surface area contributed by atoms with Gasteiger partial charge >= 0.3 is 0 Å². The van der Waals surface area contributed by atoms with Crippen molar-refractivity contribution in [3.05, 3.63) is 48.6 Å². The van der Waals surface area contributed by atoms with E-state index in [2.05, 4.69) is 60.8 Å². The van der Waals surface area contributed by atoms with Crippen LogP contribution in [0.1, 0.15) is 90.9 Å². The topological polar surface area (TPSA) is 29.1 Å². The van der Waals surface area contributed by atoms with Crippen LogP contribution >= 0.6 is 0 Å². The van der Waals surface area contributed by atoms with Gasteiger partial charge in [-0.1, -0.05) is 75.3 Å². The van der Waals surface area contributed by atoms with Crippen LogP contribution in [0, 0.1) is 0 Å². The molecule has 2 heteroatoms. The average molecular weight is 360 g/mol. The van der Waals surface area contributed by atoms with Crippen molar-refractivity contribution in [2.45, 2.75) is 90.9 Å². The molecule has 0 radical (unpaired) electrons. The van der Waals surface area contributed by atoms with Gasteiger partial charge in [-0.25, -0.2) is 0 Å². The number of carbonyl (C=O) groups is 1. The minimum atomic E-state index is 0.185. The van der Waals surface area contributed by atoms with E-state index in [9.17, 15) is 4.79 Å². The SMILES string of the molecule is CCCCC/C=C\C/C=C\C/C=C\C/C=C\CCCCNC(=O)CCC. The molecule has 1 N–H and O–H groups in total. The molecule has 148 valence electrons. The predicted molar refractivity (Wildman–Crippen MR) is 116 cm³/mol. The number of hydrogen-bond donors (Lipinski definition) is 1.